The lowest BCUT2D eigenvalue weighted by Crippen LogP contribution is -2.57. The highest BCUT2D eigenvalue weighted by molar-refractivity contribution is 6.00. The van der Waals surface area contributed by atoms with Crippen LogP contribution in [0.4, 0.5) is 0 Å². The van der Waals surface area contributed by atoms with Crippen LogP contribution in [0.15, 0.2) is 0 Å². The number of nitrogens with one attached hydrogen (secondary N) is 1. The van der Waals surface area contributed by atoms with Crippen LogP contribution in [0.3, 0.4) is 0 Å². The molecule has 1 atom stereocenters. The molecule has 0 bridgehead atoms. The Bertz CT molecular complexity index is 253. The molecule has 1 rings (SSSR count). The van der Waals surface area contributed by atoms with Crippen LogP contribution in [0, 0.1) is 0 Å². The summed E-state index contributed by atoms with van der Waals surface area (Å²) < 4.78 is 0. The van der Waals surface area contributed by atoms with Crippen molar-refractivity contribution in [3.8, 4) is 0 Å². The van der Waals surface area contributed by atoms with Crippen molar-refractivity contribution in [2.24, 2.45) is 0 Å². The van der Waals surface area contributed by atoms with Gasteiger partial charge in [0.15, 0.2) is 0 Å². The summed E-state index contributed by atoms with van der Waals surface area (Å²) in [4.78, 5) is 24.6. The normalized spacial score (nSPS) is 21.6. The van der Waals surface area contributed by atoms with Crippen LogP contribution >= 0.6 is 0 Å². The molecule has 0 spiro atoms. The average molecular weight is 226 g/mol. The highest BCUT2D eigenvalue weighted by Crippen LogP contribution is 2.07. The first kappa shape index (κ1) is 13.2. The monoisotopic (exact) mass is 226 g/mol. The van der Waals surface area contributed by atoms with Gasteiger partial charge in [-0.1, -0.05) is 32.6 Å². The number of rotatable bonds is 6. The molecule has 1 aliphatic heterocycles. The standard InChI is InChI=1S/C12H22N2O2/c1-3-4-5-6-7-8-14-11(15)9-13-10(2)12(14)16/h10,13H,3-9H2,1-2H3. The van der Waals surface area contributed by atoms with Crippen LogP contribution in [0.2, 0.25) is 0 Å². The zero-order chi connectivity index (χ0) is 12.0. The summed E-state index contributed by atoms with van der Waals surface area (Å²) in [6.45, 7) is 4.86. The zero-order valence-electron chi connectivity index (χ0n) is 10.3. The van der Waals surface area contributed by atoms with Gasteiger partial charge in [-0.2, -0.15) is 0 Å². The Morgan fingerprint density at radius 1 is 1.25 bits per heavy atom. The Hall–Kier alpha value is -0.900. The van der Waals surface area contributed by atoms with Crippen LogP contribution in [-0.4, -0.2) is 35.8 Å². The molecule has 0 aromatic rings. The minimum absolute atomic E-state index is 0.0771. The summed E-state index contributed by atoms with van der Waals surface area (Å²) in [7, 11) is 0. The van der Waals surface area contributed by atoms with Gasteiger partial charge < -0.3 is 0 Å². The van der Waals surface area contributed by atoms with Gasteiger partial charge >= 0.3 is 0 Å². The van der Waals surface area contributed by atoms with Crippen molar-refractivity contribution in [2.75, 3.05) is 13.1 Å². The molecule has 1 saturated heterocycles. The fourth-order valence-corrected chi connectivity index (χ4v) is 1.89. The molecular weight excluding hydrogens is 204 g/mol. The summed E-state index contributed by atoms with van der Waals surface area (Å²) in [5, 5.41) is 2.88. The SMILES string of the molecule is CCCCCCCN1C(=O)CNC(C)C1=O. The second-order valence-corrected chi connectivity index (χ2v) is 4.40. The molecule has 1 unspecified atom stereocenters. The third-order valence-corrected chi connectivity index (χ3v) is 2.98. The van der Waals surface area contributed by atoms with Crippen molar-refractivity contribution in [2.45, 2.75) is 52.0 Å². The van der Waals surface area contributed by atoms with E-state index in [0.29, 0.717) is 13.1 Å². The van der Waals surface area contributed by atoms with Crippen molar-refractivity contribution in [3.05, 3.63) is 0 Å². The van der Waals surface area contributed by atoms with Crippen LogP contribution in [0.25, 0.3) is 0 Å². The van der Waals surface area contributed by atoms with E-state index in [1.165, 1.54) is 24.2 Å². The minimum atomic E-state index is -0.214. The van der Waals surface area contributed by atoms with Gasteiger partial charge in [-0.3, -0.25) is 19.8 Å². The molecule has 1 N–H and O–H groups in total. The third-order valence-electron chi connectivity index (χ3n) is 2.98. The van der Waals surface area contributed by atoms with Gasteiger partial charge in [0, 0.05) is 6.54 Å². The first-order valence-electron chi connectivity index (χ1n) is 6.24. The largest absolute Gasteiger partial charge is 0.298 e. The zero-order valence-corrected chi connectivity index (χ0v) is 10.3. The number of carbonyl (C=O) groups is 2. The maximum absolute atomic E-state index is 11.7. The van der Waals surface area contributed by atoms with Crippen LogP contribution < -0.4 is 5.32 Å². The van der Waals surface area contributed by atoms with Gasteiger partial charge in [0.2, 0.25) is 11.8 Å². The molecule has 16 heavy (non-hydrogen) atoms. The van der Waals surface area contributed by atoms with E-state index in [2.05, 4.69) is 12.2 Å². The molecule has 1 heterocycles. The fourth-order valence-electron chi connectivity index (χ4n) is 1.89. The predicted octanol–water partition coefficient (Wildman–Crippen LogP) is 1.30. The molecule has 4 nitrogen and oxygen atoms in total. The van der Waals surface area contributed by atoms with Crippen LogP contribution in [-0.2, 0) is 9.59 Å². The van der Waals surface area contributed by atoms with E-state index in [9.17, 15) is 9.59 Å². The molecular formula is C12H22N2O2. The summed E-state index contributed by atoms with van der Waals surface area (Å²) in [6.07, 6.45) is 5.68. The smallest absolute Gasteiger partial charge is 0.246 e. The number of nitrogens with zero attached hydrogens (tertiary/aromatic N) is 1. The van der Waals surface area contributed by atoms with Gasteiger partial charge in [-0.15, -0.1) is 0 Å². The van der Waals surface area contributed by atoms with Crippen LogP contribution in [0.5, 0.6) is 0 Å². The minimum Gasteiger partial charge on any atom is -0.298 e. The summed E-state index contributed by atoms with van der Waals surface area (Å²) in [6, 6.07) is -0.214. The maximum Gasteiger partial charge on any atom is 0.246 e. The molecule has 2 amide bonds. The maximum atomic E-state index is 11.7. The summed E-state index contributed by atoms with van der Waals surface area (Å²) in [5.74, 6) is -0.162. The topological polar surface area (TPSA) is 49.4 Å². The van der Waals surface area contributed by atoms with Crippen molar-refractivity contribution in [1.82, 2.24) is 10.2 Å². The van der Waals surface area contributed by atoms with E-state index in [0.717, 1.165) is 12.8 Å². The molecule has 0 aliphatic carbocycles. The Balaban J connectivity index is 2.28. The second-order valence-electron chi connectivity index (χ2n) is 4.40. The number of carbonyl (C=O) groups excluding carboxylic acids is 2. The van der Waals surface area contributed by atoms with Crippen molar-refractivity contribution < 1.29 is 9.59 Å². The highest BCUT2D eigenvalue weighted by Gasteiger charge is 2.30. The van der Waals surface area contributed by atoms with E-state index in [1.54, 1.807) is 6.92 Å². The van der Waals surface area contributed by atoms with E-state index >= 15 is 0 Å². The van der Waals surface area contributed by atoms with Gasteiger partial charge in [-0.05, 0) is 13.3 Å². The molecule has 0 radical (unpaired) electrons. The van der Waals surface area contributed by atoms with Crippen molar-refractivity contribution in [1.29, 1.82) is 0 Å². The number of unbranched alkanes of at least 4 members (excludes halogenated alkanes) is 4. The number of piperazine rings is 1. The number of amides is 2. The lowest BCUT2D eigenvalue weighted by molar-refractivity contribution is -0.148. The highest BCUT2D eigenvalue weighted by atomic mass is 16.2. The molecule has 1 aliphatic rings. The lowest BCUT2D eigenvalue weighted by atomic mass is 10.1. The Morgan fingerprint density at radius 2 is 1.94 bits per heavy atom. The van der Waals surface area contributed by atoms with Crippen LogP contribution in [0.1, 0.15) is 46.0 Å². The molecule has 1 fully saturated rings. The number of imide groups is 1. The number of hydrogen-bond acceptors (Lipinski definition) is 3. The van der Waals surface area contributed by atoms with Crippen molar-refractivity contribution >= 4 is 11.8 Å². The van der Waals surface area contributed by atoms with Gasteiger partial charge in [0.05, 0.1) is 12.6 Å². The molecule has 0 aromatic heterocycles. The predicted molar refractivity (Wildman–Crippen MR) is 62.9 cm³/mol. The molecule has 0 saturated carbocycles. The quantitative estimate of drug-likeness (QED) is 0.548. The van der Waals surface area contributed by atoms with Crippen molar-refractivity contribution in [3.63, 3.8) is 0 Å². The van der Waals surface area contributed by atoms with Gasteiger partial charge in [0.1, 0.15) is 0 Å². The van der Waals surface area contributed by atoms with Gasteiger partial charge in [-0.25, -0.2) is 0 Å². The summed E-state index contributed by atoms with van der Waals surface area (Å²) in [5.41, 5.74) is 0. The van der Waals surface area contributed by atoms with E-state index in [4.69, 9.17) is 0 Å². The third kappa shape index (κ3) is 3.59. The summed E-state index contributed by atoms with van der Waals surface area (Å²) >= 11 is 0. The van der Waals surface area contributed by atoms with E-state index in [-0.39, 0.29) is 17.9 Å². The Kier molecular flexibility index (Phi) is 5.46. The van der Waals surface area contributed by atoms with Gasteiger partial charge in [0.25, 0.3) is 0 Å². The Labute approximate surface area is 97.4 Å². The molecule has 92 valence electrons. The molecule has 0 aromatic carbocycles. The fraction of sp³-hybridized carbons (Fsp3) is 0.833. The first-order chi connectivity index (χ1) is 7.66. The second kappa shape index (κ2) is 6.63. The molecule has 4 heteroatoms. The Morgan fingerprint density at radius 3 is 2.62 bits per heavy atom. The first-order valence-corrected chi connectivity index (χ1v) is 6.24. The lowest BCUT2D eigenvalue weighted by Gasteiger charge is -2.29. The van der Waals surface area contributed by atoms with E-state index in [1.807, 2.05) is 0 Å². The van der Waals surface area contributed by atoms with E-state index < -0.39 is 0 Å². The number of hydrogen-bond donors (Lipinski definition) is 1. The average Bonchev–Trinajstić information content (AvgIpc) is 2.28.